The quantitative estimate of drug-likeness (QED) is 0.768. The monoisotopic (exact) mass is 348 g/mol. The Kier molecular flexibility index (Phi) is 5.16. The summed E-state index contributed by atoms with van der Waals surface area (Å²) in [5.41, 5.74) is 5.81. The van der Waals surface area contributed by atoms with Gasteiger partial charge >= 0.3 is 0 Å². The van der Waals surface area contributed by atoms with E-state index in [1.807, 2.05) is 68.0 Å². The van der Waals surface area contributed by atoms with Crippen LogP contribution in [-0.4, -0.2) is 26.7 Å². The minimum Gasteiger partial charge on any atom is -0.348 e. The Labute approximate surface area is 154 Å². The van der Waals surface area contributed by atoms with Crippen LogP contribution < -0.4 is 5.32 Å². The fourth-order valence-electron chi connectivity index (χ4n) is 3.13. The number of pyridine rings is 1. The SMILES string of the molecule is Cc1nn(C)c(C)c1CC(C)NC(=O)c1cc(-c2ccccc2)ccn1. The van der Waals surface area contributed by atoms with E-state index in [-0.39, 0.29) is 11.9 Å². The van der Waals surface area contributed by atoms with Crippen molar-refractivity contribution in [3.63, 3.8) is 0 Å². The van der Waals surface area contributed by atoms with Crippen LogP contribution in [0, 0.1) is 13.8 Å². The van der Waals surface area contributed by atoms with Gasteiger partial charge in [-0.15, -0.1) is 0 Å². The summed E-state index contributed by atoms with van der Waals surface area (Å²) in [5.74, 6) is -0.158. The average Bonchev–Trinajstić information content (AvgIpc) is 2.88. The first-order valence-electron chi connectivity index (χ1n) is 8.77. The number of carbonyl (C=O) groups excluding carboxylic acids is 1. The van der Waals surface area contributed by atoms with Crippen molar-refractivity contribution >= 4 is 5.91 Å². The zero-order valence-corrected chi connectivity index (χ0v) is 15.7. The summed E-state index contributed by atoms with van der Waals surface area (Å²) in [6.07, 6.45) is 2.42. The van der Waals surface area contributed by atoms with Crippen LogP contribution in [0.5, 0.6) is 0 Å². The first-order valence-corrected chi connectivity index (χ1v) is 8.77. The molecule has 26 heavy (non-hydrogen) atoms. The number of hydrogen-bond acceptors (Lipinski definition) is 3. The standard InChI is InChI=1S/C21H24N4O/c1-14(12-19-15(2)24-25(4)16(19)3)23-21(26)20-13-18(10-11-22-20)17-8-6-5-7-9-17/h5-11,13-14H,12H2,1-4H3,(H,23,26). The van der Waals surface area contributed by atoms with Gasteiger partial charge in [-0.1, -0.05) is 30.3 Å². The van der Waals surface area contributed by atoms with Crippen molar-refractivity contribution in [1.29, 1.82) is 0 Å². The largest absolute Gasteiger partial charge is 0.348 e. The summed E-state index contributed by atoms with van der Waals surface area (Å²) < 4.78 is 1.88. The maximum atomic E-state index is 12.6. The van der Waals surface area contributed by atoms with Crippen LogP contribution >= 0.6 is 0 Å². The number of nitrogens with one attached hydrogen (secondary N) is 1. The van der Waals surface area contributed by atoms with Crippen molar-refractivity contribution in [3.05, 3.63) is 71.3 Å². The van der Waals surface area contributed by atoms with Gasteiger partial charge in [0.15, 0.2) is 0 Å². The molecule has 134 valence electrons. The molecule has 2 aromatic heterocycles. The lowest BCUT2D eigenvalue weighted by Crippen LogP contribution is -2.34. The van der Waals surface area contributed by atoms with E-state index in [1.54, 1.807) is 6.20 Å². The fraction of sp³-hybridized carbons (Fsp3) is 0.286. The van der Waals surface area contributed by atoms with E-state index in [0.29, 0.717) is 5.69 Å². The topological polar surface area (TPSA) is 59.8 Å². The maximum Gasteiger partial charge on any atom is 0.270 e. The molecular weight excluding hydrogens is 324 g/mol. The minimum absolute atomic E-state index is 0.00807. The van der Waals surface area contributed by atoms with E-state index in [4.69, 9.17) is 0 Å². The summed E-state index contributed by atoms with van der Waals surface area (Å²) >= 11 is 0. The van der Waals surface area contributed by atoms with Gasteiger partial charge in [0.05, 0.1) is 5.69 Å². The molecule has 0 saturated heterocycles. The van der Waals surface area contributed by atoms with Gasteiger partial charge in [0.2, 0.25) is 0 Å². The van der Waals surface area contributed by atoms with E-state index in [9.17, 15) is 4.79 Å². The van der Waals surface area contributed by atoms with Crippen LogP contribution in [0.1, 0.15) is 34.4 Å². The third kappa shape index (κ3) is 3.82. The number of rotatable bonds is 5. The van der Waals surface area contributed by atoms with Gasteiger partial charge in [-0.3, -0.25) is 14.5 Å². The van der Waals surface area contributed by atoms with Gasteiger partial charge in [0.1, 0.15) is 5.69 Å². The first-order chi connectivity index (χ1) is 12.5. The highest BCUT2D eigenvalue weighted by atomic mass is 16.1. The number of aryl methyl sites for hydroxylation is 2. The highest BCUT2D eigenvalue weighted by molar-refractivity contribution is 5.93. The summed E-state index contributed by atoms with van der Waals surface area (Å²) in [6, 6.07) is 13.7. The number of aromatic nitrogens is 3. The number of hydrogen-bond donors (Lipinski definition) is 1. The summed E-state index contributed by atoms with van der Waals surface area (Å²) in [4.78, 5) is 16.8. The molecule has 1 N–H and O–H groups in total. The molecule has 1 amide bonds. The lowest BCUT2D eigenvalue weighted by molar-refractivity contribution is 0.0935. The predicted molar refractivity (Wildman–Crippen MR) is 103 cm³/mol. The molecule has 0 spiro atoms. The predicted octanol–water partition coefficient (Wildman–Crippen LogP) is 3.46. The Morgan fingerprint density at radius 2 is 1.88 bits per heavy atom. The van der Waals surface area contributed by atoms with Gasteiger partial charge in [-0.05, 0) is 56.0 Å². The van der Waals surface area contributed by atoms with E-state index in [1.165, 1.54) is 5.56 Å². The zero-order chi connectivity index (χ0) is 18.7. The van der Waals surface area contributed by atoms with Crippen molar-refractivity contribution in [2.45, 2.75) is 33.2 Å². The molecule has 0 radical (unpaired) electrons. The summed E-state index contributed by atoms with van der Waals surface area (Å²) in [6.45, 7) is 6.06. The second-order valence-corrected chi connectivity index (χ2v) is 6.65. The normalized spacial score (nSPS) is 12.0. The van der Waals surface area contributed by atoms with Gasteiger partial charge in [-0.25, -0.2) is 0 Å². The van der Waals surface area contributed by atoms with Crippen molar-refractivity contribution in [2.24, 2.45) is 7.05 Å². The molecule has 2 heterocycles. The Morgan fingerprint density at radius 1 is 1.15 bits per heavy atom. The van der Waals surface area contributed by atoms with Crippen LogP contribution in [0.15, 0.2) is 48.7 Å². The van der Waals surface area contributed by atoms with Gasteiger partial charge in [-0.2, -0.15) is 5.10 Å². The average molecular weight is 348 g/mol. The van der Waals surface area contributed by atoms with Crippen molar-refractivity contribution in [2.75, 3.05) is 0 Å². The maximum absolute atomic E-state index is 12.6. The number of benzene rings is 1. The van der Waals surface area contributed by atoms with Gasteiger partial charge in [0.25, 0.3) is 5.91 Å². The van der Waals surface area contributed by atoms with E-state index >= 15 is 0 Å². The Hall–Kier alpha value is -2.95. The molecule has 5 nitrogen and oxygen atoms in total. The van der Waals surface area contributed by atoms with E-state index < -0.39 is 0 Å². The second-order valence-electron chi connectivity index (χ2n) is 6.65. The van der Waals surface area contributed by atoms with E-state index in [0.717, 1.165) is 28.9 Å². The van der Waals surface area contributed by atoms with Crippen LogP contribution in [0.3, 0.4) is 0 Å². The number of nitrogens with zero attached hydrogens (tertiary/aromatic N) is 3. The van der Waals surface area contributed by atoms with Crippen LogP contribution in [0.4, 0.5) is 0 Å². The van der Waals surface area contributed by atoms with Gasteiger partial charge in [0, 0.05) is 25.0 Å². The molecule has 3 rings (SSSR count). The van der Waals surface area contributed by atoms with Gasteiger partial charge < -0.3 is 5.32 Å². The summed E-state index contributed by atoms with van der Waals surface area (Å²) in [7, 11) is 1.94. The Morgan fingerprint density at radius 3 is 2.54 bits per heavy atom. The van der Waals surface area contributed by atoms with Crippen molar-refractivity contribution in [3.8, 4) is 11.1 Å². The highest BCUT2D eigenvalue weighted by Crippen LogP contribution is 2.19. The smallest absolute Gasteiger partial charge is 0.270 e. The Bertz CT molecular complexity index is 915. The third-order valence-electron chi connectivity index (χ3n) is 4.65. The molecule has 0 bridgehead atoms. The van der Waals surface area contributed by atoms with Crippen molar-refractivity contribution in [1.82, 2.24) is 20.1 Å². The Balaban J connectivity index is 1.72. The number of amides is 1. The molecule has 0 aliphatic carbocycles. The highest BCUT2D eigenvalue weighted by Gasteiger charge is 2.16. The molecule has 3 aromatic rings. The molecule has 1 atom stereocenters. The molecule has 1 unspecified atom stereocenters. The zero-order valence-electron chi connectivity index (χ0n) is 15.7. The number of carbonyl (C=O) groups is 1. The molecule has 0 aliphatic rings. The second kappa shape index (κ2) is 7.52. The van der Waals surface area contributed by atoms with E-state index in [2.05, 4.69) is 22.3 Å². The molecule has 0 fully saturated rings. The van der Waals surface area contributed by atoms with Crippen LogP contribution in [0.2, 0.25) is 0 Å². The fourth-order valence-corrected chi connectivity index (χ4v) is 3.13. The van der Waals surface area contributed by atoms with Crippen molar-refractivity contribution < 1.29 is 4.79 Å². The molecule has 0 aliphatic heterocycles. The van der Waals surface area contributed by atoms with Crippen LogP contribution in [0.25, 0.3) is 11.1 Å². The first kappa shape index (κ1) is 17.9. The molecule has 0 saturated carbocycles. The minimum atomic E-state index is -0.158. The lowest BCUT2D eigenvalue weighted by atomic mass is 10.0. The lowest BCUT2D eigenvalue weighted by Gasteiger charge is -2.14. The third-order valence-corrected chi connectivity index (χ3v) is 4.65. The van der Waals surface area contributed by atoms with Crippen LogP contribution in [-0.2, 0) is 13.5 Å². The summed E-state index contributed by atoms with van der Waals surface area (Å²) in [5, 5.41) is 7.49. The molecule has 5 heteroatoms. The molecular formula is C21H24N4O. The molecule has 1 aromatic carbocycles.